The van der Waals surface area contributed by atoms with Crippen molar-refractivity contribution >= 4 is 5.91 Å². The molecule has 3 N–H and O–H groups in total. The Morgan fingerprint density at radius 2 is 1.89 bits per heavy atom. The van der Waals surface area contributed by atoms with E-state index >= 15 is 0 Å². The van der Waals surface area contributed by atoms with Crippen molar-refractivity contribution in [1.82, 2.24) is 10.6 Å². The zero-order valence-electron chi connectivity index (χ0n) is 10.5. The summed E-state index contributed by atoms with van der Waals surface area (Å²) in [5.74, 6) is -0.00210. The first-order valence-electron chi connectivity index (χ1n) is 6.07. The van der Waals surface area contributed by atoms with Gasteiger partial charge in [-0.15, -0.1) is 0 Å². The van der Waals surface area contributed by atoms with E-state index in [1.165, 1.54) is 5.57 Å². The molecule has 0 aliphatic carbocycles. The lowest BCUT2D eigenvalue weighted by molar-refractivity contribution is -0.117. The summed E-state index contributed by atoms with van der Waals surface area (Å²) in [6.45, 7) is 4.07. The highest BCUT2D eigenvalue weighted by Crippen LogP contribution is 2.09. The molecule has 0 aromatic heterocycles. The maximum absolute atomic E-state index is 11.8. The second kappa shape index (κ2) is 5.80. The normalized spacial score (nSPS) is 14.0. The maximum atomic E-state index is 11.8. The van der Waals surface area contributed by atoms with Gasteiger partial charge in [-0.1, -0.05) is 24.3 Å². The van der Waals surface area contributed by atoms with Crippen LogP contribution in [0.4, 0.5) is 0 Å². The lowest BCUT2D eigenvalue weighted by atomic mass is 10.0. The molecule has 18 heavy (non-hydrogen) atoms. The Balaban J connectivity index is 1.88. The average molecular weight is 246 g/mol. The molecule has 1 amide bonds. The van der Waals surface area contributed by atoms with E-state index in [0.29, 0.717) is 6.54 Å². The summed E-state index contributed by atoms with van der Waals surface area (Å²) in [5, 5.41) is 15.0. The van der Waals surface area contributed by atoms with Crippen LogP contribution >= 0.6 is 0 Å². The van der Waals surface area contributed by atoms with Crippen molar-refractivity contribution in [3.8, 4) is 0 Å². The quantitative estimate of drug-likeness (QED) is 0.686. The first kappa shape index (κ1) is 12.8. The van der Waals surface area contributed by atoms with E-state index in [4.69, 9.17) is 5.11 Å². The van der Waals surface area contributed by atoms with Crippen LogP contribution < -0.4 is 10.6 Å². The average Bonchev–Trinajstić information content (AvgIpc) is 2.34. The van der Waals surface area contributed by atoms with Crippen LogP contribution in [0.3, 0.4) is 0 Å². The monoisotopic (exact) mass is 246 g/mol. The third-order valence-electron chi connectivity index (χ3n) is 3.21. The molecule has 0 saturated carbocycles. The van der Waals surface area contributed by atoms with Gasteiger partial charge in [0.05, 0.1) is 6.61 Å². The fraction of sp³-hybridized carbons (Fsp3) is 0.357. The minimum Gasteiger partial charge on any atom is -0.392 e. The van der Waals surface area contributed by atoms with Crippen molar-refractivity contribution in [2.75, 3.05) is 13.1 Å². The molecule has 1 aromatic rings. The van der Waals surface area contributed by atoms with E-state index in [1.807, 2.05) is 31.2 Å². The predicted molar refractivity (Wildman–Crippen MR) is 69.8 cm³/mol. The summed E-state index contributed by atoms with van der Waals surface area (Å²) in [6, 6.07) is 7.56. The van der Waals surface area contributed by atoms with Gasteiger partial charge in [0.1, 0.15) is 0 Å². The molecule has 4 heteroatoms. The van der Waals surface area contributed by atoms with Crippen LogP contribution in [0.1, 0.15) is 18.1 Å². The van der Waals surface area contributed by atoms with Gasteiger partial charge in [-0.05, 0) is 23.6 Å². The summed E-state index contributed by atoms with van der Waals surface area (Å²) in [5.41, 5.74) is 3.91. The van der Waals surface area contributed by atoms with Gasteiger partial charge < -0.3 is 15.7 Å². The SMILES string of the molecule is CC(C(=O)NCc1ccc(CO)cc1)=C1CNC1. The molecule has 1 saturated heterocycles. The number of nitrogens with one attached hydrogen (secondary N) is 2. The minimum absolute atomic E-state index is 0.00210. The van der Waals surface area contributed by atoms with Crippen LogP contribution in [-0.2, 0) is 17.9 Å². The van der Waals surface area contributed by atoms with E-state index < -0.39 is 0 Å². The van der Waals surface area contributed by atoms with Crippen LogP contribution in [0, 0.1) is 0 Å². The summed E-state index contributed by atoms with van der Waals surface area (Å²) in [7, 11) is 0. The number of carbonyl (C=O) groups is 1. The second-order valence-electron chi connectivity index (χ2n) is 4.49. The number of benzene rings is 1. The highest BCUT2D eigenvalue weighted by molar-refractivity contribution is 5.93. The Morgan fingerprint density at radius 1 is 1.28 bits per heavy atom. The van der Waals surface area contributed by atoms with Crippen LogP contribution in [0.15, 0.2) is 35.4 Å². The van der Waals surface area contributed by atoms with Crippen LogP contribution in [0.2, 0.25) is 0 Å². The highest BCUT2D eigenvalue weighted by atomic mass is 16.3. The lowest BCUT2D eigenvalue weighted by Gasteiger charge is -2.21. The molecule has 1 fully saturated rings. The van der Waals surface area contributed by atoms with Gasteiger partial charge >= 0.3 is 0 Å². The lowest BCUT2D eigenvalue weighted by Crippen LogP contribution is -2.37. The molecule has 96 valence electrons. The summed E-state index contributed by atoms with van der Waals surface area (Å²) < 4.78 is 0. The number of amides is 1. The Bertz CT molecular complexity index is 457. The van der Waals surface area contributed by atoms with E-state index in [2.05, 4.69) is 10.6 Å². The van der Waals surface area contributed by atoms with Crippen molar-refractivity contribution in [1.29, 1.82) is 0 Å². The Labute approximate surface area is 107 Å². The maximum Gasteiger partial charge on any atom is 0.247 e. The van der Waals surface area contributed by atoms with Gasteiger partial charge in [0.15, 0.2) is 0 Å². The molecular formula is C14H18N2O2. The number of aliphatic hydroxyl groups excluding tert-OH is 1. The smallest absolute Gasteiger partial charge is 0.247 e. The van der Waals surface area contributed by atoms with Crippen LogP contribution in [-0.4, -0.2) is 24.1 Å². The second-order valence-corrected chi connectivity index (χ2v) is 4.49. The Kier molecular flexibility index (Phi) is 4.12. The number of rotatable bonds is 4. The van der Waals surface area contributed by atoms with E-state index in [1.54, 1.807) is 0 Å². The van der Waals surface area contributed by atoms with Crippen molar-refractivity contribution in [2.45, 2.75) is 20.1 Å². The summed E-state index contributed by atoms with van der Waals surface area (Å²) in [6.07, 6.45) is 0. The fourth-order valence-electron chi connectivity index (χ4n) is 1.75. The van der Waals surface area contributed by atoms with Crippen LogP contribution in [0.5, 0.6) is 0 Å². The summed E-state index contributed by atoms with van der Waals surface area (Å²) in [4.78, 5) is 11.8. The van der Waals surface area contributed by atoms with Crippen LogP contribution in [0.25, 0.3) is 0 Å². The van der Waals surface area contributed by atoms with Crippen molar-refractivity contribution in [3.63, 3.8) is 0 Å². The van der Waals surface area contributed by atoms with Gasteiger partial charge in [0.2, 0.25) is 5.91 Å². The largest absolute Gasteiger partial charge is 0.392 e. The molecule has 1 aliphatic heterocycles. The molecule has 4 nitrogen and oxygen atoms in total. The molecule has 1 aromatic carbocycles. The number of hydrogen-bond donors (Lipinski definition) is 3. The standard InChI is InChI=1S/C14H18N2O2/c1-10(13-7-15-8-13)14(18)16-6-11-2-4-12(9-17)5-3-11/h2-5,15,17H,6-9H2,1H3,(H,16,18). The zero-order valence-corrected chi connectivity index (χ0v) is 10.5. The van der Waals surface area contributed by atoms with Gasteiger partial charge in [-0.2, -0.15) is 0 Å². The Morgan fingerprint density at radius 3 is 2.39 bits per heavy atom. The number of hydrogen-bond acceptors (Lipinski definition) is 3. The van der Waals surface area contributed by atoms with E-state index in [-0.39, 0.29) is 12.5 Å². The molecule has 2 rings (SSSR count). The predicted octanol–water partition coefficient (Wildman–Crippen LogP) is 0.715. The number of carbonyl (C=O) groups excluding carboxylic acids is 1. The molecule has 0 bridgehead atoms. The van der Waals surface area contributed by atoms with Gasteiger partial charge in [0.25, 0.3) is 0 Å². The van der Waals surface area contributed by atoms with Crippen molar-refractivity contribution < 1.29 is 9.90 Å². The van der Waals surface area contributed by atoms with Gasteiger partial charge in [-0.25, -0.2) is 0 Å². The third kappa shape index (κ3) is 2.97. The summed E-state index contributed by atoms with van der Waals surface area (Å²) >= 11 is 0. The van der Waals surface area contributed by atoms with Gasteiger partial charge in [-0.3, -0.25) is 4.79 Å². The fourth-order valence-corrected chi connectivity index (χ4v) is 1.75. The number of aliphatic hydroxyl groups is 1. The molecule has 0 spiro atoms. The topological polar surface area (TPSA) is 61.4 Å². The molecule has 1 heterocycles. The molecule has 0 radical (unpaired) electrons. The van der Waals surface area contributed by atoms with E-state index in [9.17, 15) is 4.79 Å². The first-order chi connectivity index (χ1) is 8.70. The molecule has 0 atom stereocenters. The molecule has 0 unspecified atom stereocenters. The van der Waals surface area contributed by atoms with E-state index in [0.717, 1.165) is 29.8 Å². The third-order valence-corrected chi connectivity index (χ3v) is 3.21. The highest BCUT2D eigenvalue weighted by Gasteiger charge is 2.15. The molecule has 1 aliphatic rings. The molecular weight excluding hydrogens is 228 g/mol. The Hall–Kier alpha value is -1.65. The zero-order chi connectivity index (χ0) is 13.0. The van der Waals surface area contributed by atoms with Crippen molar-refractivity contribution in [2.24, 2.45) is 0 Å². The first-order valence-corrected chi connectivity index (χ1v) is 6.07. The van der Waals surface area contributed by atoms with Crippen molar-refractivity contribution in [3.05, 3.63) is 46.5 Å². The minimum atomic E-state index is -0.00210. The van der Waals surface area contributed by atoms with Gasteiger partial charge in [0, 0.05) is 25.2 Å².